The van der Waals surface area contributed by atoms with E-state index in [0.29, 0.717) is 6.54 Å². The summed E-state index contributed by atoms with van der Waals surface area (Å²) in [5.74, 6) is -0.681. The summed E-state index contributed by atoms with van der Waals surface area (Å²) in [4.78, 5) is 15.4. The van der Waals surface area contributed by atoms with Gasteiger partial charge < -0.3 is 10.0 Å². The average Bonchev–Trinajstić information content (AvgIpc) is 2.38. The van der Waals surface area contributed by atoms with E-state index in [4.69, 9.17) is 5.11 Å². The smallest absolute Gasteiger partial charge is 0.304 e. The van der Waals surface area contributed by atoms with Crippen molar-refractivity contribution in [2.24, 2.45) is 0 Å². The van der Waals surface area contributed by atoms with E-state index in [1.54, 1.807) is 0 Å². The molecule has 114 valence electrons. The maximum atomic E-state index is 10.5. The number of halogens is 2. The second-order valence-corrected chi connectivity index (χ2v) is 5.31. The summed E-state index contributed by atoms with van der Waals surface area (Å²) in [5.41, 5.74) is 0. The Kier molecular flexibility index (Phi) is 9.79. The van der Waals surface area contributed by atoms with Crippen molar-refractivity contribution in [3.05, 3.63) is 0 Å². The number of nitrogens with zero attached hydrogens (tertiary/aromatic N) is 2. The molecule has 0 unspecified atom stereocenters. The van der Waals surface area contributed by atoms with Gasteiger partial charge >= 0.3 is 5.97 Å². The van der Waals surface area contributed by atoms with Crippen LogP contribution in [-0.2, 0) is 4.79 Å². The van der Waals surface area contributed by atoms with E-state index < -0.39 is 5.97 Å². The Balaban J connectivity index is 0.00000162. The van der Waals surface area contributed by atoms with Gasteiger partial charge in [0.25, 0.3) is 0 Å². The van der Waals surface area contributed by atoms with Crippen LogP contribution in [0.25, 0.3) is 0 Å². The van der Waals surface area contributed by atoms with Crippen LogP contribution in [0.15, 0.2) is 0 Å². The molecule has 0 amide bonds. The summed E-state index contributed by atoms with van der Waals surface area (Å²) >= 11 is 0. The minimum atomic E-state index is -0.681. The Hall–Kier alpha value is -0.0300. The number of carboxylic acids is 1. The van der Waals surface area contributed by atoms with Crippen molar-refractivity contribution in [2.75, 3.05) is 32.7 Å². The molecule has 1 aliphatic heterocycles. The maximum absolute atomic E-state index is 10.5. The highest BCUT2D eigenvalue weighted by Crippen LogP contribution is 2.23. The molecule has 4 nitrogen and oxygen atoms in total. The fraction of sp³-hybridized carbons (Fsp3) is 0.923. The third-order valence-corrected chi connectivity index (χ3v) is 4.14. The molecule has 0 aromatic rings. The molecule has 0 aromatic heterocycles. The molecule has 1 aliphatic carbocycles. The predicted molar refractivity (Wildman–Crippen MR) is 81.6 cm³/mol. The van der Waals surface area contributed by atoms with E-state index in [1.807, 2.05) is 0 Å². The van der Waals surface area contributed by atoms with E-state index in [1.165, 1.54) is 32.1 Å². The van der Waals surface area contributed by atoms with Crippen molar-refractivity contribution < 1.29 is 9.90 Å². The Morgan fingerprint density at radius 2 is 1.58 bits per heavy atom. The van der Waals surface area contributed by atoms with Gasteiger partial charge in [0.05, 0.1) is 6.42 Å². The zero-order valence-corrected chi connectivity index (χ0v) is 13.1. The molecular weight excluding hydrogens is 287 g/mol. The summed E-state index contributed by atoms with van der Waals surface area (Å²) in [6, 6.07) is 0.811. The first-order chi connectivity index (χ1) is 8.25. The molecule has 2 rings (SSSR count). The van der Waals surface area contributed by atoms with Crippen molar-refractivity contribution >= 4 is 30.8 Å². The first-order valence-corrected chi connectivity index (χ1v) is 6.94. The Morgan fingerprint density at radius 1 is 1.00 bits per heavy atom. The van der Waals surface area contributed by atoms with Crippen LogP contribution >= 0.6 is 24.8 Å². The van der Waals surface area contributed by atoms with Crippen LogP contribution in [0.2, 0.25) is 0 Å². The summed E-state index contributed by atoms with van der Waals surface area (Å²) in [6.07, 6.45) is 7.22. The highest BCUT2D eigenvalue weighted by Gasteiger charge is 2.24. The first-order valence-electron chi connectivity index (χ1n) is 6.94. The van der Waals surface area contributed by atoms with Gasteiger partial charge in [-0.1, -0.05) is 19.3 Å². The van der Waals surface area contributed by atoms with Gasteiger partial charge in [-0.05, 0) is 12.8 Å². The normalized spacial score (nSPS) is 22.3. The van der Waals surface area contributed by atoms with E-state index >= 15 is 0 Å². The molecule has 0 aromatic carbocycles. The van der Waals surface area contributed by atoms with Crippen LogP contribution in [0.4, 0.5) is 0 Å². The predicted octanol–water partition coefficient (Wildman–Crippen LogP) is 2.26. The fourth-order valence-corrected chi connectivity index (χ4v) is 3.05. The van der Waals surface area contributed by atoms with Crippen molar-refractivity contribution in [3.8, 4) is 0 Å². The van der Waals surface area contributed by atoms with Crippen LogP contribution in [-0.4, -0.2) is 59.6 Å². The zero-order valence-electron chi connectivity index (χ0n) is 11.4. The van der Waals surface area contributed by atoms with Gasteiger partial charge in [0.2, 0.25) is 0 Å². The number of carbonyl (C=O) groups is 1. The highest BCUT2D eigenvalue weighted by atomic mass is 35.5. The summed E-state index contributed by atoms with van der Waals surface area (Å²) in [6.45, 7) is 5.07. The lowest BCUT2D eigenvalue weighted by Gasteiger charge is -2.40. The van der Waals surface area contributed by atoms with E-state index in [9.17, 15) is 4.79 Å². The second-order valence-electron chi connectivity index (χ2n) is 5.31. The first kappa shape index (κ1) is 19.0. The number of hydrogen-bond donors (Lipinski definition) is 1. The zero-order chi connectivity index (χ0) is 12.1. The molecule has 6 heteroatoms. The summed E-state index contributed by atoms with van der Waals surface area (Å²) in [5, 5.41) is 8.66. The number of aliphatic carboxylic acids is 1. The minimum absolute atomic E-state index is 0. The van der Waals surface area contributed by atoms with Crippen LogP contribution in [0.5, 0.6) is 0 Å². The Bertz CT molecular complexity index is 253. The molecule has 1 saturated heterocycles. The van der Waals surface area contributed by atoms with Crippen molar-refractivity contribution in [1.29, 1.82) is 0 Å². The van der Waals surface area contributed by atoms with E-state index in [0.717, 1.165) is 32.2 Å². The molecule has 1 heterocycles. The number of hydrogen-bond acceptors (Lipinski definition) is 3. The van der Waals surface area contributed by atoms with Gasteiger partial charge in [-0.3, -0.25) is 9.69 Å². The van der Waals surface area contributed by atoms with Crippen molar-refractivity contribution in [3.63, 3.8) is 0 Å². The quantitative estimate of drug-likeness (QED) is 0.864. The monoisotopic (exact) mass is 312 g/mol. The van der Waals surface area contributed by atoms with Gasteiger partial charge in [-0.2, -0.15) is 0 Å². The number of rotatable bonds is 4. The minimum Gasteiger partial charge on any atom is -0.481 e. The summed E-state index contributed by atoms with van der Waals surface area (Å²) < 4.78 is 0. The van der Waals surface area contributed by atoms with Crippen LogP contribution in [0.3, 0.4) is 0 Å². The molecule has 1 saturated carbocycles. The third-order valence-electron chi connectivity index (χ3n) is 4.14. The Labute approximate surface area is 128 Å². The van der Waals surface area contributed by atoms with Crippen LogP contribution in [0.1, 0.15) is 38.5 Å². The van der Waals surface area contributed by atoms with E-state index in [-0.39, 0.29) is 31.2 Å². The second kappa shape index (κ2) is 9.81. The lowest BCUT2D eigenvalue weighted by molar-refractivity contribution is -0.137. The van der Waals surface area contributed by atoms with Crippen LogP contribution in [0, 0.1) is 0 Å². The SMILES string of the molecule is Cl.Cl.O=C(O)CCN1CCN(C2CCCCC2)CC1. The van der Waals surface area contributed by atoms with Gasteiger partial charge in [-0.15, -0.1) is 24.8 Å². The molecule has 2 fully saturated rings. The molecule has 1 N–H and O–H groups in total. The lowest BCUT2D eigenvalue weighted by Crippen LogP contribution is -2.51. The van der Waals surface area contributed by atoms with Gasteiger partial charge in [-0.25, -0.2) is 0 Å². The van der Waals surface area contributed by atoms with Gasteiger partial charge in [0, 0.05) is 38.8 Å². The Morgan fingerprint density at radius 3 is 2.11 bits per heavy atom. The number of carboxylic acid groups (broad SMARTS) is 1. The molecule has 0 spiro atoms. The van der Waals surface area contributed by atoms with E-state index in [2.05, 4.69) is 9.80 Å². The molecule has 0 radical (unpaired) electrons. The molecular formula is C13H26Cl2N2O2. The van der Waals surface area contributed by atoms with Crippen molar-refractivity contribution in [1.82, 2.24) is 9.80 Å². The van der Waals surface area contributed by atoms with Crippen molar-refractivity contribution in [2.45, 2.75) is 44.6 Å². The van der Waals surface area contributed by atoms with Crippen LogP contribution < -0.4 is 0 Å². The maximum Gasteiger partial charge on any atom is 0.304 e. The summed E-state index contributed by atoms with van der Waals surface area (Å²) in [7, 11) is 0. The average molecular weight is 313 g/mol. The third kappa shape index (κ3) is 6.30. The highest BCUT2D eigenvalue weighted by molar-refractivity contribution is 5.85. The molecule has 0 bridgehead atoms. The van der Waals surface area contributed by atoms with Gasteiger partial charge in [0.1, 0.15) is 0 Å². The number of piperazine rings is 1. The molecule has 0 atom stereocenters. The molecule has 2 aliphatic rings. The largest absolute Gasteiger partial charge is 0.481 e. The standard InChI is InChI=1S/C13H24N2O2.2ClH/c16-13(17)6-7-14-8-10-15(11-9-14)12-4-2-1-3-5-12;;/h12H,1-11H2,(H,16,17);2*1H. The lowest BCUT2D eigenvalue weighted by atomic mass is 9.94. The van der Waals surface area contributed by atoms with Gasteiger partial charge in [0.15, 0.2) is 0 Å². The molecule has 19 heavy (non-hydrogen) atoms. The topological polar surface area (TPSA) is 43.8 Å². The fourth-order valence-electron chi connectivity index (χ4n) is 3.05.